The fourth-order valence-electron chi connectivity index (χ4n) is 2.36. The SMILES string of the molecule is CC1=C(C(=O)OCCOCCO)C(c2cccc(O)c2)NC(=S)N1. The lowest BCUT2D eigenvalue weighted by Crippen LogP contribution is -2.45. The van der Waals surface area contributed by atoms with Crippen LogP contribution in [0.25, 0.3) is 0 Å². The lowest BCUT2D eigenvalue weighted by atomic mass is 9.95. The monoisotopic (exact) mass is 352 g/mol. The van der Waals surface area contributed by atoms with Gasteiger partial charge in [-0.3, -0.25) is 0 Å². The fraction of sp³-hybridized carbons (Fsp3) is 0.375. The summed E-state index contributed by atoms with van der Waals surface area (Å²) >= 11 is 5.15. The Morgan fingerprint density at radius 1 is 1.33 bits per heavy atom. The van der Waals surface area contributed by atoms with Gasteiger partial charge in [-0.15, -0.1) is 0 Å². The van der Waals surface area contributed by atoms with Crippen LogP contribution in [0.3, 0.4) is 0 Å². The first-order valence-electron chi connectivity index (χ1n) is 7.46. The van der Waals surface area contributed by atoms with Crippen molar-refractivity contribution in [2.24, 2.45) is 0 Å². The number of allylic oxidation sites excluding steroid dienone is 1. The van der Waals surface area contributed by atoms with Gasteiger partial charge in [-0.25, -0.2) is 4.79 Å². The average Bonchev–Trinajstić information content (AvgIpc) is 2.53. The maximum atomic E-state index is 12.4. The molecule has 8 heteroatoms. The molecule has 2 rings (SSSR count). The highest BCUT2D eigenvalue weighted by molar-refractivity contribution is 7.80. The van der Waals surface area contributed by atoms with Gasteiger partial charge in [0.2, 0.25) is 0 Å². The van der Waals surface area contributed by atoms with Crippen molar-refractivity contribution in [3.8, 4) is 5.75 Å². The zero-order valence-electron chi connectivity index (χ0n) is 13.2. The van der Waals surface area contributed by atoms with E-state index in [9.17, 15) is 9.90 Å². The van der Waals surface area contributed by atoms with Gasteiger partial charge in [0, 0.05) is 5.70 Å². The fourth-order valence-corrected chi connectivity index (χ4v) is 2.63. The number of aromatic hydroxyl groups is 1. The normalized spacial score (nSPS) is 17.2. The second kappa shape index (κ2) is 8.62. The molecule has 0 fully saturated rings. The van der Waals surface area contributed by atoms with Crippen molar-refractivity contribution < 1.29 is 24.5 Å². The van der Waals surface area contributed by atoms with E-state index in [4.69, 9.17) is 26.8 Å². The quantitative estimate of drug-likeness (QED) is 0.324. The van der Waals surface area contributed by atoms with E-state index in [1.807, 2.05) is 0 Å². The summed E-state index contributed by atoms with van der Waals surface area (Å²) in [6.45, 7) is 2.13. The van der Waals surface area contributed by atoms with Crippen LogP contribution >= 0.6 is 12.2 Å². The number of rotatable bonds is 7. The Morgan fingerprint density at radius 2 is 2.12 bits per heavy atom. The molecule has 7 nitrogen and oxygen atoms in total. The molecule has 1 atom stereocenters. The number of esters is 1. The molecular weight excluding hydrogens is 332 g/mol. The third kappa shape index (κ3) is 4.67. The lowest BCUT2D eigenvalue weighted by molar-refractivity contribution is -0.141. The van der Waals surface area contributed by atoms with Crippen LogP contribution in [0.1, 0.15) is 18.5 Å². The van der Waals surface area contributed by atoms with Gasteiger partial charge < -0.3 is 30.3 Å². The largest absolute Gasteiger partial charge is 0.508 e. The topological polar surface area (TPSA) is 100 Å². The van der Waals surface area contributed by atoms with Gasteiger partial charge in [-0.1, -0.05) is 12.1 Å². The summed E-state index contributed by atoms with van der Waals surface area (Å²) in [5.41, 5.74) is 1.67. The Balaban J connectivity index is 2.15. The van der Waals surface area contributed by atoms with Crippen LogP contribution < -0.4 is 10.6 Å². The molecule has 0 saturated heterocycles. The summed E-state index contributed by atoms with van der Waals surface area (Å²) in [6, 6.07) is 6.08. The van der Waals surface area contributed by atoms with E-state index in [1.165, 1.54) is 0 Å². The number of benzene rings is 1. The van der Waals surface area contributed by atoms with Gasteiger partial charge in [-0.2, -0.15) is 0 Å². The molecule has 4 N–H and O–H groups in total. The second-order valence-electron chi connectivity index (χ2n) is 5.14. The number of carbonyl (C=O) groups is 1. The van der Waals surface area contributed by atoms with Gasteiger partial charge in [0.15, 0.2) is 5.11 Å². The first kappa shape index (κ1) is 18.2. The summed E-state index contributed by atoms with van der Waals surface area (Å²) < 4.78 is 10.3. The molecule has 130 valence electrons. The number of nitrogens with one attached hydrogen (secondary N) is 2. The zero-order valence-corrected chi connectivity index (χ0v) is 14.1. The summed E-state index contributed by atoms with van der Waals surface area (Å²) in [7, 11) is 0. The molecule has 1 unspecified atom stereocenters. The first-order valence-corrected chi connectivity index (χ1v) is 7.86. The minimum Gasteiger partial charge on any atom is -0.508 e. The van der Waals surface area contributed by atoms with Crippen molar-refractivity contribution >= 4 is 23.3 Å². The van der Waals surface area contributed by atoms with Gasteiger partial charge in [0.05, 0.1) is 31.4 Å². The molecular formula is C16H20N2O5S. The molecule has 0 bridgehead atoms. The molecule has 1 aliphatic heterocycles. The summed E-state index contributed by atoms with van der Waals surface area (Å²) in [6.07, 6.45) is 0. The van der Waals surface area contributed by atoms with Crippen molar-refractivity contribution in [1.29, 1.82) is 0 Å². The average molecular weight is 352 g/mol. The molecule has 1 heterocycles. The zero-order chi connectivity index (χ0) is 17.5. The van der Waals surface area contributed by atoms with E-state index in [0.29, 0.717) is 21.9 Å². The molecule has 1 aliphatic rings. The number of aliphatic hydroxyl groups is 1. The van der Waals surface area contributed by atoms with Gasteiger partial charge in [-0.05, 0) is 36.8 Å². The number of carbonyl (C=O) groups excluding carboxylic acids is 1. The van der Waals surface area contributed by atoms with Gasteiger partial charge in [0.25, 0.3) is 0 Å². The van der Waals surface area contributed by atoms with Crippen molar-refractivity contribution in [2.75, 3.05) is 26.4 Å². The number of aliphatic hydroxyl groups excluding tert-OH is 1. The molecule has 1 aromatic rings. The molecule has 0 amide bonds. The molecule has 1 aromatic carbocycles. The number of hydrogen-bond acceptors (Lipinski definition) is 6. The Morgan fingerprint density at radius 3 is 2.83 bits per heavy atom. The highest BCUT2D eigenvalue weighted by Crippen LogP contribution is 2.29. The third-order valence-electron chi connectivity index (χ3n) is 3.39. The van der Waals surface area contributed by atoms with Crippen molar-refractivity contribution in [2.45, 2.75) is 13.0 Å². The second-order valence-corrected chi connectivity index (χ2v) is 5.55. The molecule has 0 saturated carbocycles. The number of thiocarbonyl (C=S) groups is 1. The molecule has 0 aromatic heterocycles. The maximum Gasteiger partial charge on any atom is 0.338 e. The smallest absolute Gasteiger partial charge is 0.338 e. The highest BCUT2D eigenvalue weighted by atomic mass is 32.1. The predicted octanol–water partition coefficient (Wildman–Crippen LogP) is 0.737. The van der Waals surface area contributed by atoms with Crippen LogP contribution in [-0.2, 0) is 14.3 Å². The summed E-state index contributed by atoms with van der Waals surface area (Å²) in [5.74, 6) is -0.405. The minimum atomic E-state index is -0.517. The molecule has 0 radical (unpaired) electrons. The van der Waals surface area contributed by atoms with Crippen LogP contribution in [-0.4, -0.2) is 47.7 Å². The van der Waals surface area contributed by atoms with Crippen LogP contribution in [0.4, 0.5) is 0 Å². The van der Waals surface area contributed by atoms with Gasteiger partial charge >= 0.3 is 5.97 Å². The Hall–Kier alpha value is -2.16. The number of hydrogen-bond donors (Lipinski definition) is 4. The Labute approximate surface area is 145 Å². The lowest BCUT2D eigenvalue weighted by Gasteiger charge is -2.29. The number of ether oxygens (including phenoxy) is 2. The summed E-state index contributed by atoms with van der Waals surface area (Å²) in [4.78, 5) is 12.4. The predicted molar refractivity (Wildman–Crippen MR) is 91.3 cm³/mol. The van der Waals surface area contributed by atoms with E-state index in [2.05, 4.69) is 10.6 Å². The third-order valence-corrected chi connectivity index (χ3v) is 3.61. The van der Waals surface area contributed by atoms with E-state index in [-0.39, 0.29) is 32.2 Å². The molecule has 0 aliphatic carbocycles. The van der Waals surface area contributed by atoms with Crippen LogP contribution in [0.2, 0.25) is 0 Å². The number of phenolic OH excluding ortho intramolecular Hbond substituents is 1. The minimum absolute atomic E-state index is 0.0762. The Kier molecular flexibility index (Phi) is 6.53. The van der Waals surface area contributed by atoms with E-state index in [0.717, 1.165) is 0 Å². The summed E-state index contributed by atoms with van der Waals surface area (Å²) in [5, 5.41) is 24.6. The number of phenols is 1. The maximum absolute atomic E-state index is 12.4. The first-order chi connectivity index (χ1) is 11.5. The Bertz CT molecular complexity index is 647. The van der Waals surface area contributed by atoms with Gasteiger partial charge in [0.1, 0.15) is 12.4 Å². The van der Waals surface area contributed by atoms with E-state index < -0.39 is 12.0 Å². The van der Waals surface area contributed by atoms with Crippen LogP contribution in [0, 0.1) is 0 Å². The standard InChI is InChI=1S/C16H20N2O5S/c1-10-13(15(21)23-8-7-22-6-5-19)14(18-16(24)17-10)11-3-2-4-12(20)9-11/h2-4,9,14,19-20H,5-8H2,1H3,(H2,17,18,24). The van der Waals surface area contributed by atoms with E-state index in [1.54, 1.807) is 31.2 Å². The van der Waals surface area contributed by atoms with Crippen molar-refractivity contribution in [3.05, 3.63) is 41.1 Å². The van der Waals surface area contributed by atoms with Crippen LogP contribution in [0.15, 0.2) is 35.5 Å². The van der Waals surface area contributed by atoms with E-state index >= 15 is 0 Å². The van der Waals surface area contributed by atoms with Crippen molar-refractivity contribution in [3.63, 3.8) is 0 Å². The molecule has 24 heavy (non-hydrogen) atoms. The highest BCUT2D eigenvalue weighted by Gasteiger charge is 2.31. The van der Waals surface area contributed by atoms with Crippen molar-refractivity contribution in [1.82, 2.24) is 10.6 Å². The van der Waals surface area contributed by atoms with Crippen LogP contribution in [0.5, 0.6) is 5.75 Å². The molecule has 0 spiro atoms.